The van der Waals surface area contributed by atoms with Gasteiger partial charge < -0.3 is 20.5 Å². The van der Waals surface area contributed by atoms with Crippen molar-refractivity contribution in [2.24, 2.45) is 5.73 Å². The lowest BCUT2D eigenvalue weighted by Gasteiger charge is -2.35. The minimum absolute atomic E-state index is 0.00667. The highest BCUT2D eigenvalue weighted by Crippen LogP contribution is 2.22. The van der Waals surface area contributed by atoms with Crippen LogP contribution in [0, 0.1) is 0 Å². The molecule has 7 heteroatoms. The smallest absolute Gasteiger partial charge is 0.303 e. The second-order valence-electron chi connectivity index (χ2n) is 6.16. The average Bonchev–Trinajstić information content (AvgIpc) is 2.60. The summed E-state index contributed by atoms with van der Waals surface area (Å²) in [5, 5.41) is 8.84. The molecule has 136 valence electrons. The van der Waals surface area contributed by atoms with Gasteiger partial charge in [-0.3, -0.25) is 14.4 Å². The third-order valence-electron chi connectivity index (χ3n) is 4.36. The molecule has 1 aromatic carbocycles. The first-order chi connectivity index (χ1) is 12.0. The molecule has 0 bridgehead atoms. The molecule has 0 saturated carbocycles. The van der Waals surface area contributed by atoms with Crippen molar-refractivity contribution in [2.75, 3.05) is 13.2 Å². The predicted octanol–water partition coefficient (Wildman–Crippen LogP) is 1.80. The van der Waals surface area contributed by atoms with Crippen molar-refractivity contribution in [1.82, 2.24) is 4.90 Å². The Morgan fingerprint density at radius 3 is 2.52 bits per heavy atom. The quantitative estimate of drug-likeness (QED) is 0.744. The van der Waals surface area contributed by atoms with Crippen molar-refractivity contribution >= 4 is 17.8 Å². The van der Waals surface area contributed by atoms with Crippen LogP contribution in [0.25, 0.3) is 0 Å². The molecule has 0 spiro atoms. The first kappa shape index (κ1) is 18.8. The molecule has 0 radical (unpaired) electrons. The largest absolute Gasteiger partial charge is 0.493 e. The number of aliphatic carboxylic acids is 1. The molecule has 1 unspecified atom stereocenters. The van der Waals surface area contributed by atoms with Gasteiger partial charge in [-0.15, -0.1) is 0 Å². The van der Waals surface area contributed by atoms with E-state index < -0.39 is 11.9 Å². The van der Waals surface area contributed by atoms with Gasteiger partial charge in [-0.25, -0.2) is 0 Å². The molecule has 2 amide bonds. The van der Waals surface area contributed by atoms with Crippen molar-refractivity contribution in [2.45, 2.75) is 44.6 Å². The number of carboxylic acids is 1. The third-order valence-corrected chi connectivity index (χ3v) is 4.36. The fraction of sp³-hybridized carbons (Fsp3) is 0.500. The number of piperidine rings is 1. The third kappa shape index (κ3) is 5.77. The van der Waals surface area contributed by atoms with Crippen LogP contribution >= 0.6 is 0 Å². The first-order valence-corrected chi connectivity index (χ1v) is 8.51. The fourth-order valence-electron chi connectivity index (χ4n) is 3.03. The van der Waals surface area contributed by atoms with E-state index in [1.807, 2.05) is 0 Å². The van der Waals surface area contributed by atoms with E-state index >= 15 is 0 Å². The van der Waals surface area contributed by atoms with Gasteiger partial charge in [-0.2, -0.15) is 0 Å². The molecule has 1 heterocycles. The number of likely N-dealkylation sites (tertiary alicyclic amines) is 1. The minimum Gasteiger partial charge on any atom is -0.493 e. The first-order valence-electron chi connectivity index (χ1n) is 8.51. The number of carboxylic acid groups (broad SMARTS) is 1. The van der Waals surface area contributed by atoms with Crippen LogP contribution < -0.4 is 10.5 Å². The Hall–Kier alpha value is -2.57. The molecule has 7 nitrogen and oxygen atoms in total. The van der Waals surface area contributed by atoms with E-state index in [2.05, 4.69) is 0 Å². The number of amides is 2. The van der Waals surface area contributed by atoms with Crippen molar-refractivity contribution in [3.05, 3.63) is 29.8 Å². The highest BCUT2D eigenvalue weighted by molar-refractivity contribution is 5.92. The summed E-state index contributed by atoms with van der Waals surface area (Å²) in [6.07, 6.45) is 3.64. The van der Waals surface area contributed by atoms with Gasteiger partial charge in [0.05, 0.1) is 13.0 Å². The lowest BCUT2D eigenvalue weighted by atomic mass is 9.97. The number of rotatable bonds is 8. The second-order valence-corrected chi connectivity index (χ2v) is 6.16. The zero-order valence-electron chi connectivity index (χ0n) is 14.1. The Morgan fingerprint density at radius 1 is 1.16 bits per heavy atom. The number of nitrogens with two attached hydrogens (primary N) is 1. The molecular weight excluding hydrogens is 324 g/mol. The number of carbonyl (C=O) groups excluding carboxylic acids is 2. The van der Waals surface area contributed by atoms with Crippen LogP contribution in [0.2, 0.25) is 0 Å². The zero-order valence-corrected chi connectivity index (χ0v) is 14.1. The van der Waals surface area contributed by atoms with Gasteiger partial charge in [0.15, 0.2) is 0 Å². The molecule has 1 aromatic rings. The van der Waals surface area contributed by atoms with Gasteiger partial charge in [-0.1, -0.05) is 0 Å². The lowest BCUT2D eigenvalue weighted by Crippen LogP contribution is -2.44. The fourth-order valence-corrected chi connectivity index (χ4v) is 3.03. The molecule has 3 N–H and O–H groups in total. The zero-order chi connectivity index (χ0) is 18.2. The number of hydrogen-bond donors (Lipinski definition) is 2. The van der Waals surface area contributed by atoms with Gasteiger partial charge in [0.1, 0.15) is 5.75 Å². The van der Waals surface area contributed by atoms with Crippen molar-refractivity contribution < 1.29 is 24.2 Å². The Kier molecular flexibility index (Phi) is 6.80. The molecule has 1 saturated heterocycles. The van der Waals surface area contributed by atoms with E-state index in [-0.39, 0.29) is 31.4 Å². The summed E-state index contributed by atoms with van der Waals surface area (Å²) >= 11 is 0. The van der Waals surface area contributed by atoms with Gasteiger partial charge >= 0.3 is 5.97 Å². The van der Waals surface area contributed by atoms with Gasteiger partial charge in [0.2, 0.25) is 11.8 Å². The summed E-state index contributed by atoms with van der Waals surface area (Å²) in [6, 6.07) is 6.44. The highest BCUT2D eigenvalue weighted by Gasteiger charge is 2.26. The number of hydrogen-bond acceptors (Lipinski definition) is 4. The molecule has 1 atom stereocenters. The van der Waals surface area contributed by atoms with Crippen LogP contribution in [0.3, 0.4) is 0 Å². The Labute approximate surface area is 146 Å². The number of benzene rings is 1. The Morgan fingerprint density at radius 2 is 1.88 bits per heavy atom. The molecule has 1 aliphatic heterocycles. The van der Waals surface area contributed by atoms with Crippen LogP contribution in [0.15, 0.2) is 24.3 Å². The van der Waals surface area contributed by atoms with E-state index in [0.29, 0.717) is 24.3 Å². The summed E-state index contributed by atoms with van der Waals surface area (Å²) < 4.78 is 5.54. The summed E-state index contributed by atoms with van der Waals surface area (Å²) in [6.45, 7) is 0.910. The molecule has 1 aliphatic rings. The Balaban J connectivity index is 1.81. The predicted molar refractivity (Wildman–Crippen MR) is 91.3 cm³/mol. The van der Waals surface area contributed by atoms with E-state index in [9.17, 15) is 14.4 Å². The van der Waals surface area contributed by atoms with Crippen LogP contribution in [0.5, 0.6) is 5.75 Å². The maximum absolute atomic E-state index is 12.4. The SMILES string of the molecule is NC(=O)c1ccc(OCCC(=O)N2CCCCC2CCC(=O)O)cc1. The van der Waals surface area contributed by atoms with Gasteiger partial charge in [0, 0.05) is 24.6 Å². The van der Waals surface area contributed by atoms with Gasteiger partial charge in [0.25, 0.3) is 0 Å². The lowest BCUT2D eigenvalue weighted by molar-refractivity contribution is -0.140. The molecule has 0 aromatic heterocycles. The molecule has 1 fully saturated rings. The molecule has 2 rings (SSSR count). The van der Waals surface area contributed by atoms with E-state index in [0.717, 1.165) is 19.3 Å². The maximum atomic E-state index is 12.4. The topological polar surface area (TPSA) is 110 Å². The van der Waals surface area contributed by atoms with Gasteiger partial charge in [-0.05, 0) is 49.9 Å². The number of carbonyl (C=O) groups is 3. The number of nitrogens with zero attached hydrogens (tertiary/aromatic N) is 1. The van der Waals surface area contributed by atoms with Crippen molar-refractivity contribution in [3.8, 4) is 5.75 Å². The molecule has 25 heavy (non-hydrogen) atoms. The van der Waals surface area contributed by atoms with Crippen molar-refractivity contribution in [3.63, 3.8) is 0 Å². The summed E-state index contributed by atoms with van der Waals surface area (Å²) in [5.41, 5.74) is 5.58. The van der Waals surface area contributed by atoms with E-state index in [1.165, 1.54) is 0 Å². The van der Waals surface area contributed by atoms with Crippen LogP contribution in [-0.2, 0) is 9.59 Å². The Bertz CT molecular complexity index is 614. The maximum Gasteiger partial charge on any atom is 0.303 e. The molecule has 0 aliphatic carbocycles. The summed E-state index contributed by atoms with van der Waals surface area (Å²) in [5.74, 6) is -0.775. The second kappa shape index (κ2) is 9.05. The highest BCUT2D eigenvalue weighted by atomic mass is 16.5. The van der Waals surface area contributed by atoms with Crippen LogP contribution in [0.4, 0.5) is 0 Å². The average molecular weight is 348 g/mol. The van der Waals surface area contributed by atoms with E-state index in [4.69, 9.17) is 15.6 Å². The van der Waals surface area contributed by atoms with E-state index in [1.54, 1.807) is 29.2 Å². The number of ether oxygens (including phenoxy) is 1. The minimum atomic E-state index is -0.833. The standard InChI is InChI=1S/C18H24N2O5/c19-18(24)13-4-7-15(8-5-13)25-12-10-16(21)20-11-2-1-3-14(20)6-9-17(22)23/h4-5,7-8,14H,1-3,6,9-12H2,(H2,19,24)(H,22,23). The normalized spacial score (nSPS) is 17.1. The molecular formula is C18H24N2O5. The van der Waals surface area contributed by atoms with Crippen LogP contribution in [0.1, 0.15) is 48.9 Å². The monoisotopic (exact) mass is 348 g/mol. The summed E-state index contributed by atoms with van der Waals surface area (Å²) in [7, 11) is 0. The van der Waals surface area contributed by atoms with Crippen LogP contribution in [-0.4, -0.2) is 47.0 Å². The summed E-state index contributed by atoms with van der Waals surface area (Å²) in [4.78, 5) is 36.0. The van der Waals surface area contributed by atoms with Crippen molar-refractivity contribution in [1.29, 1.82) is 0 Å². The number of primary amides is 1.